The van der Waals surface area contributed by atoms with Gasteiger partial charge in [-0.1, -0.05) is 19.0 Å². The number of oxime groups is 1. The first-order valence-electron chi connectivity index (χ1n) is 6.31. The van der Waals surface area contributed by atoms with Gasteiger partial charge in [-0.25, -0.2) is 9.59 Å². The van der Waals surface area contributed by atoms with Gasteiger partial charge in [-0.2, -0.15) is 0 Å². The quantitative estimate of drug-likeness (QED) is 0.0968. The summed E-state index contributed by atoms with van der Waals surface area (Å²) in [5.74, 6) is -1.70. The molecule has 22 heavy (non-hydrogen) atoms. The molecular formula is C13H21ClN2O6. The predicted octanol–water partition coefficient (Wildman–Crippen LogP) is 0.787. The lowest BCUT2D eigenvalue weighted by molar-refractivity contribution is -0.142. The lowest BCUT2D eigenvalue weighted by Gasteiger charge is -2.22. The van der Waals surface area contributed by atoms with E-state index < -0.39 is 23.1 Å². The number of methoxy groups -OCH3 is 2. The Hall–Kier alpha value is -1.80. The molecule has 0 atom stereocenters. The van der Waals surface area contributed by atoms with Crippen molar-refractivity contribution in [3.63, 3.8) is 0 Å². The Morgan fingerprint density at radius 2 is 1.91 bits per heavy atom. The highest BCUT2D eigenvalue weighted by Gasteiger charge is 2.25. The Labute approximate surface area is 134 Å². The fraction of sp³-hybridized carbons (Fsp3) is 0.615. The average Bonchev–Trinajstić information content (AvgIpc) is 2.49. The normalized spacial score (nSPS) is 12.8. The van der Waals surface area contributed by atoms with Gasteiger partial charge in [0.1, 0.15) is 5.84 Å². The van der Waals surface area contributed by atoms with Crippen molar-refractivity contribution in [2.75, 3.05) is 33.3 Å². The number of halogens is 1. The standard InChI is InChI=1S/C13H21ClN2O6/c1-13(2,8-21-6-5-14)12(15)16-22-9(11(18)20-4)7-10(17)19-3/h7H,5-6,8H2,1-4H3,(H2,15,16). The summed E-state index contributed by atoms with van der Waals surface area (Å²) in [6.45, 7) is 4.16. The number of amidine groups is 1. The van der Waals surface area contributed by atoms with E-state index in [4.69, 9.17) is 26.9 Å². The van der Waals surface area contributed by atoms with Crippen molar-refractivity contribution >= 4 is 29.4 Å². The van der Waals surface area contributed by atoms with Gasteiger partial charge in [-0.3, -0.25) is 0 Å². The molecule has 0 saturated heterocycles. The molecule has 126 valence electrons. The van der Waals surface area contributed by atoms with Crippen LogP contribution < -0.4 is 5.73 Å². The number of rotatable bonds is 9. The maximum Gasteiger partial charge on any atom is 0.377 e. The number of ether oxygens (including phenoxy) is 3. The van der Waals surface area contributed by atoms with Crippen molar-refractivity contribution in [2.24, 2.45) is 16.3 Å². The van der Waals surface area contributed by atoms with Crippen LogP contribution in [0.5, 0.6) is 0 Å². The molecule has 0 aliphatic rings. The highest BCUT2D eigenvalue weighted by Crippen LogP contribution is 2.16. The van der Waals surface area contributed by atoms with Crippen molar-refractivity contribution < 1.29 is 28.6 Å². The van der Waals surface area contributed by atoms with Gasteiger partial charge in [0.2, 0.25) is 5.76 Å². The Bertz CT molecular complexity index is 448. The minimum absolute atomic E-state index is 0.0711. The van der Waals surface area contributed by atoms with Gasteiger partial charge in [0.25, 0.3) is 0 Å². The molecule has 0 rings (SSSR count). The summed E-state index contributed by atoms with van der Waals surface area (Å²) >= 11 is 5.51. The second-order valence-electron chi connectivity index (χ2n) is 4.72. The van der Waals surface area contributed by atoms with Crippen LogP contribution in [0, 0.1) is 5.41 Å². The Morgan fingerprint density at radius 3 is 2.41 bits per heavy atom. The molecular weight excluding hydrogens is 316 g/mol. The summed E-state index contributed by atoms with van der Waals surface area (Å²) in [7, 11) is 2.29. The smallest absolute Gasteiger partial charge is 0.377 e. The summed E-state index contributed by atoms with van der Waals surface area (Å²) in [6, 6.07) is 0. The molecule has 0 aromatic heterocycles. The highest BCUT2D eigenvalue weighted by atomic mass is 35.5. The summed E-state index contributed by atoms with van der Waals surface area (Å²) in [4.78, 5) is 27.5. The Balaban J connectivity index is 4.96. The summed E-state index contributed by atoms with van der Waals surface area (Å²) < 4.78 is 14.2. The van der Waals surface area contributed by atoms with Crippen LogP contribution in [0.4, 0.5) is 0 Å². The lowest BCUT2D eigenvalue weighted by Crippen LogP contribution is -2.36. The number of nitrogens with two attached hydrogens (primary N) is 1. The maximum atomic E-state index is 11.5. The second kappa shape index (κ2) is 10.0. The number of carbonyl (C=O) groups excluding carboxylic acids is 2. The fourth-order valence-corrected chi connectivity index (χ4v) is 1.18. The van der Waals surface area contributed by atoms with Crippen molar-refractivity contribution in [3.05, 3.63) is 11.8 Å². The van der Waals surface area contributed by atoms with E-state index in [0.29, 0.717) is 12.5 Å². The molecule has 0 amide bonds. The van der Waals surface area contributed by atoms with Gasteiger partial charge in [0, 0.05) is 11.3 Å². The monoisotopic (exact) mass is 336 g/mol. The molecule has 0 saturated carbocycles. The van der Waals surface area contributed by atoms with Crippen molar-refractivity contribution in [3.8, 4) is 0 Å². The molecule has 0 spiro atoms. The number of esters is 2. The fourth-order valence-electron chi connectivity index (χ4n) is 1.07. The van der Waals surface area contributed by atoms with Gasteiger partial charge in [-0.15, -0.1) is 11.6 Å². The molecule has 0 aromatic carbocycles. The zero-order chi connectivity index (χ0) is 17.2. The third-order valence-electron chi connectivity index (χ3n) is 2.46. The number of hydrogen-bond donors (Lipinski definition) is 1. The first kappa shape index (κ1) is 20.2. The van der Waals surface area contributed by atoms with Crippen LogP contribution in [0.25, 0.3) is 0 Å². The molecule has 0 aliphatic carbocycles. The third kappa shape index (κ3) is 7.28. The maximum absolute atomic E-state index is 11.5. The molecule has 0 aliphatic heterocycles. The third-order valence-corrected chi connectivity index (χ3v) is 2.61. The van der Waals surface area contributed by atoms with E-state index >= 15 is 0 Å². The molecule has 0 unspecified atom stereocenters. The molecule has 0 aromatic rings. The largest absolute Gasteiger partial charge is 0.466 e. The van der Waals surface area contributed by atoms with E-state index in [1.807, 2.05) is 0 Å². The molecule has 0 heterocycles. The van der Waals surface area contributed by atoms with Crippen LogP contribution >= 0.6 is 11.6 Å². The van der Waals surface area contributed by atoms with Gasteiger partial charge in [-0.05, 0) is 0 Å². The first-order chi connectivity index (χ1) is 10.3. The molecule has 8 nitrogen and oxygen atoms in total. The van der Waals surface area contributed by atoms with E-state index in [2.05, 4.69) is 14.6 Å². The number of carbonyl (C=O) groups is 2. The number of nitrogens with zero attached hydrogens (tertiary/aromatic N) is 1. The van der Waals surface area contributed by atoms with Gasteiger partial charge < -0.3 is 24.8 Å². The predicted molar refractivity (Wildman–Crippen MR) is 80.1 cm³/mol. The van der Waals surface area contributed by atoms with Crippen molar-refractivity contribution in [1.82, 2.24) is 0 Å². The van der Waals surface area contributed by atoms with Crippen molar-refractivity contribution in [1.29, 1.82) is 0 Å². The molecule has 0 radical (unpaired) electrons. The molecule has 0 fully saturated rings. The van der Waals surface area contributed by atoms with E-state index in [0.717, 1.165) is 20.3 Å². The van der Waals surface area contributed by atoms with Crippen LogP contribution in [0.2, 0.25) is 0 Å². The van der Waals surface area contributed by atoms with Gasteiger partial charge >= 0.3 is 11.9 Å². The molecule has 9 heteroatoms. The zero-order valence-corrected chi connectivity index (χ0v) is 13.8. The topological polar surface area (TPSA) is 109 Å². The highest BCUT2D eigenvalue weighted by molar-refractivity contribution is 6.17. The van der Waals surface area contributed by atoms with E-state index in [1.54, 1.807) is 13.8 Å². The van der Waals surface area contributed by atoms with E-state index in [-0.39, 0.29) is 12.4 Å². The SMILES string of the molecule is COC(=O)C=C(O/N=C(\N)C(C)(C)COCCCl)C(=O)OC. The van der Waals surface area contributed by atoms with E-state index in [1.165, 1.54) is 0 Å². The Kier molecular flexibility index (Phi) is 9.20. The first-order valence-corrected chi connectivity index (χ1v) is 6.84. The van der Waals surface area contributed by atoms with Gasteiger partial charge in [0.15, 0.2) is 0 Å². The average molecular weight is 337 g/mol. The Morgan fingerprint density at radius 1 is 1.27 bits per heavy atom. The second-order valence-corrected chi connectivity index (χ2v) is 5.09. The van der Waals surface area contributed by atoms with Crippen LogP contribution in [-0.2, 0) is 28.6 Å². The van der Waals surface area contributed by atoms with Crippen LogP contribution in [0.3, 0.4) is 0 Å². The summed E-state index contributed by atoms with van der Waals surface area (Å²) in [5, 5.41) is 3.64. The minimum atomic E-state index is -0.891. The zero-order valence-electron chi connectivity index (χ0n) is 13.1. The summed E-state index contributed by atoms with van der Waals surface area (Å²) in [5.41, 5.74) is 5.15. The van der Waals surface area contributed by atoms with E-state index in [9.17, 15) is 9.59 Å². The van der Waals surface area contributed by atoms with Gasteiger partial charge in [0.05, 0.1) is 33.5 Å². The van der Waals surface area contributed by atoms with Crippen LogP contribution in [0.15, 0.2) is 17.0 Å². The van der Waals surface area contributed by atoms with Crippen LogP contribution in [-0.4, -0.2) is 51.1 Å². The summed E-state index contributed by atoms with van der Waals surface area (Å²) in [6.07, 6.45) is 0.805. The lowest BCUT2D eigenvalue weighted by atomic mass is 9.93. The number of hydrogen-bond acceptors (Lipinski definition) is 7. The molecule has 0 bridgehead atoms. The molecule has 2 N–H and O–H groups in total. The number of alkyl halides is 1. The van der Waals surface area contributed by atoms with Crippen LogP contribution in [0.1, 0.15) is 13.8 Å². The minimum Gasteiger partial charge on any atom is -0.466 e. The van der Waals surface area contributed by atoms with Crippen molar-refractivity contribution in [2.45, 2.75) is 13.8 Å².